The summed E-state index contributed by atoms with van der Waals surface area (Å²) in [6.45, 7) is 5.13. The van der Waals surface area contributed by atoms with Gasteiger partial charge < -0.3 is 14.9 Å². The van der Waals surface area contributed by atoms with Crippen molar-refractivity contribution < 1.29 is 9.90 Å². The Labute approximate surface area is 117 Å². The van der Waals surface area contributed by atoms with Crippen molar-refractivity contribution in [2.45, 2.75) is 25.8 Å². The lowest BCUT2D eigenvalue weighted by Gasteiger charge is -2.37. The lowest BCUT2D eigenvalue weighted by Crippen LogP contribution is -2.50. The third kappa shape index (κ3) is 3.75. The van der Waals surface area contributed by atoms with Crippen LogP contribution in [0.25, 0.3) is 0 Å². The Morgan fingerprint density at radius 3 is 2.89 bits per heavy atom. The Bertz CT molecular complexity index is 461. The first-order valence-electron chi connectivity index (χ1n) is 6.51. The molecule has 0 bridgehead atoms. The molecular weight excluding hydrogens is 262 g/mol. The SMILES string of the molecule is Cc1nc(CC2CN(C)CCN2C)sc1CC(=O)O. The van der Waals surface area contributed by atoms with Gasteiger partial charge in [-0.1, -0.05) is 0 Å². The molecule has 2 heterocycles. The Kier molecular flexibility index (Phi) is 4.54. The highest BCUT2D eigenvalue weighted by atomic mass is 32.1. The van der Waals surface area contributed by atoms with E-state index in [9.17, 15) is 4.79 Å². The van der Waals surface area contributed by atoms with Crippen LogP contribution < -0.4 is 0 Å². The number of aromatic nitrogens is 1. The third-order valence-electron chi connectivity index (χ3n) is 3.64. The Hall–Kier alpha value is -0.980. The first-order chi connectivity index (χ1) is 8.95. The largest absolute Gasteiger partial charge is 0.481 e. The number of rotatable bonds is 4. The average Bonchev–Trinajstić information content (AvgIpc) is 2.64. The number of carbonyl (C=O) groups is 1. The second kappa shape index (κ2) is 5.98. The molecule has 0 aromatic carbocycles. The van der Waals surface area contributed by atoms with E-state index in [1.807, 2.05) is 6.92 Å². The molecule has 0 aliphatic carbocycles. The van der Waals surface area contributed by atoms with Crippen LogP contribution in [0.1, 0.15) is 15.6 Å². The van der Waals surface area contributed by atoms with Crippen molar-refractivity contribution in [1.29, 1.82) is 0 Å². The van der Waals surface area contributed by atoms with Crippen molar-refractivity contribution in [3.05, 3.63) is 15.6 Å². The molecule has 19 heavy (non-hydrogen) atoms. The van der Waals surface area contributed by atoms with Crippen molar-refractivity contribution in [2.75, 3.05) is 33.7 Å². The molecule has 2 rings (SSSR count). The number of thiazole rings is 1. The van der Waals surface area contributed by atoms with E-state index in [0.717, 1.165) is 41.6 Å². The minimum Gasteiger partial charge on any atom is -0.481 e. The van der Waals surface area contributed by atoms with Crippen molar-refractivity contribution in [3.8, 4) is 0 Å². The van der Waals surface area contributed by atoms with Gasteiger partial charge in [-0.2, -0.15) is 0 Å². The number of hydrogen-bond donors (Lipinski definition) is 1. The molecule has 1 aliphatic heterocycles. The molecule has 1 saturated heterocycles. The summed E-state index contributed by atoms with van der Waals surface area (Å²) in [4.78, 5) is 20.9. The maximum absolute atomic E-state index is 10.8. The molecule has 1 aromatic rings. The van der Waals surface area contributed by atoms with Crippen LogP contribution in [0, 0.1) is 6.92 Å². The van der Waals surface area contributed by atoms with E-state index in [1.165, 1.54) is 0 Å². The van der Waals surface area contributed by atoms with Crippen LogP contribution in [-0.2, 0) is 17.6 Å². The molecule has 1 N–H and O–H groups in total. The second-order valence-corrected chi connectivity index (χ2v) is 6.46. The van der Waals surface area contributed by atoms with E-state index >= 15 is 0 Å². The zero-order chi connectivity index (χ0) is 14.0. The molecule has 1 atom stereocenters. The summed E-state index contributed by atoms with van der Waals surface area (Å²) >= 11 is 1.55. The summed E-state index contributed by atoms with van der Waals surface area (Å²) in [7, 11) is 4.29. The van der Waals surface area contributed by atoms with Gasteiger partial charge in [0.05, 0.1) is 17.1 Å². The Morgan fingerprint density at radius 1 is 1.47 bits per heavy atom. The molecular formula is C13H21N3O2S. The normalized spacial score (nSPS) is 21.7. The fourth-order valence-electron chi connectivity index (χ4n) is 2.40. The number of nitrogens with zero attached hydrogens (tertiary/aromatic N) is 3. The summed E-state index contributed by atoms with van der Waals surface area (Å²) in [6, 6.07) is 0.474. The minimum atomic E-state index is -0.784. The summed E-state index contributed by atoms with van der Waals surface area (Å²) in [5, 5.41) is 9.92. The molecule has 1 aromatic heterocycles. The van der Waals surface area contributed by atoms with E-state index in [1.54, 1.807) is 11.3 Å². The number of piperazine rings is 1. The number of carboxylic acids is 1. The molecule has 1 aliphatic rings. The summed E-state index contributed by atoms with van der Waals surface area (Å²) in [5.74, 6) is -0.784. The highest BCUT2D eigenvalue weighted by Gasteiger charge is 2.24. The van der Waals surface area contributed by atoms with Gasteiger partial charge in [0.2, 0.25) is 0 Å². The standard InChI is InChI=1S/C13H21N3O2S/c1-9-11(7-13(17)18)19-12(14-9)6-10-8-15(2)4-5-16(10)3/h10H,4-8H2,1-3H3,(H,17,18). The first-order valence-corrected chi connectivity index (χ1v) is 7.33. The summed E-state index contributed by atoms with van der Waals surface area (Å²) in [5.41, 5.74) is 0.870. The maximum Gasteiger partial charge on any atom is 0.308 e. The molecule has 0 radical (unpaired) electrons. The lowest BCUT2D eigenvalue weighted by atomic mass is 10.1. The highest BCUT2D eigenvalue weighted by Crippen LogP contribution is 2.22. The van der Waals surface area contributed by atoms with Crippen molar-refractivity contribution in [1.82, 2.24) is 14.8 Å². The van der Waals surface area contributed by atoms with Crippen molar-refractivity contribution in [2.24, 2.45) is 0 Å². The van der Waals surface area contributed by atoms with Gasteiger partial charge in [-0.05, 0) is 21.0 Å². The van der Waals surface area contributed by atoms with Gasteiger partial charge in [0.1, 0.15) is 0 Å². The van der Waals surface area contributed by atoms with Crippen molar-refractivity contribution in [3.63, 3.8) is 0 Å². The van der Waals surface area contributed by atoms with Crippen LogP contribution in [0.4, 0.5) is 0 Å². The van der Waals surface area contributed by atoms with Gasteiger partial charge in [-0.3, -0.25) is 4.79 Å². The van der Waals surface area contributed by atoms with Gasteiger partial charge >= 0.3 is 5.97 Å². The molecule has 0 amide bonds. The fourth-order valence-corrected chi connectivity index (χ4v) is 3.53. The Balaban J connectivity index is 2.04. The van der Waals surface area contributed by atoms with Gasteiger partial charge in [0, 0.05) is 37.0 Å². The zero-order valence-corrected chi connectivity index (χ0v) is 12.5. The average molecular weight is 283 g/mol. The van der Waals surface area contributed by atoms with Crippen molar-refractivity contribution >= 4 is 17.3 Å². The van der Waals surface area contributed by atoms with E-state index < -0.39 is 5.97 Å². The number of carboxylic acid groups (broad SMARTS) is 1. The first kappa shape index (κ1) is 14.4. The van der Waals surface area contributed by atoms with Crippen LogP contribution in [-0.4, -0.2) is 65.6 Å². The third-order valence-corrected chi connectivity index (χ3v) is 4.82. The smallest absolute Gasteiger partial charge is 0.308 e. The van der Waals surface area contributed by atoms with E-state index in [-0.39, 0.29) is 6.42 Å². The minimum absolute atomic E-state index is 0.0872. The predicted octanol–water partition coefficient (Wildman–Crippen LogP) is 0.867. The zero-order valence-electron chi connectivity index (χ0n) is 11.7. The van der Waals surface area contributed by atoms with Gasteiger partial charge in [-0.25, -0.2) is 4.98 Å². The monoisotopic (exact) mass is 283 g/mol. The summed E-state index contributed by atoms with van der Waals surface area (Å²) in [6.07, 6.45) is 0.996. The lowest BCUT2D eigenvalue weighted by molar-refractivity contribution is -0.136. The molecule has 0 spiro atoms. The highest BCUT2D eigenvalue weighted by molar-refractivity contribution is 7.11. The van der Waals surface area contributed by atoms with Crippen LogP contribution in [0.5, 0.6) is 0 Å². The molecule has 1 unspecified atom stereocenters. The van der Waals surface area contributed by atoms with E-state index in [0.29, 0.717) is 6.04 Å². The fraction of sp³-hybridized carbons (Fsp3) is 0.692. The number of aryl methyl sites for hydroxylation is 1. The van der Waals surface area contributed by atoms with E-state index in [2.05, 4.69) is 28.9 Å². The van der Waals surface area contributed by atoms with Crippen LogP contribution in [0.3, 0.4) is 0 Å². The maximum atomic E-state index is 10.8. The predicted molar refractivity (Wildman–Crippen MR) is 75.8 cm³/mol. The van der Waals surface area contributed by atoms with Crippen LogP contribution >= 0.6 is 11.3 Å². The van der Waals surface area contributed by atoms with Gasteiger partial charge in [-0.15, -0.1) is 11.3 Å². The number of likely N-dealkylation sites (N-methyl/N-ethyl adjacent to an activating group) is 2. The topological polar surface area (TPSA) is 56.7 Å². The van der Waals surface area contributed by atoms with Crippen LogP contribution in [0.2, 0.25) is 0 Å². The van der Waals surface area contributed by atoms with Gasteiger partial charge in [0.15, 0.2) is 0 Å². The summed E-state index contributed by atoms with van der Waals surface area (Å²) < 4.78 is 0. The molecule has 0 saturated carbocycles. The molecule has 6 heteroatoms. The number of aliphatic carboxylic acids is 1. The van der Waals surface area contributed by atoms with E-state index in [4.69, 9.17) is 5.11 Å². The van der Waals surface area contributed by atoms with Gasteiger partial charge in [0.25, 0.3) is 0 Å². The Morgan fingerprint density at radius 2 is 2.21 bits per heavy atom. The number of hydrogen-bond acceptors (Lipinski definition) is 5. The molecule has 106 valence electrons. The molecule has 5 nitrogen and oxygen atoms in total. The van der Waals surface area contributed by atoms with Crippen LogP contribution in [0.15, 0.2) is 0 Å². The second-order valence-electron chi connectivity index (χ2n) is 5.29. The molecule has 1 fully saturated rings. The quantitative estimate of drug-likeness (QED) is 0.888.